The number of amides is 1. The van der Waals surface area contributed by atoms with E-state index in [0.29, 0.717) is 47.7 Å². The number of rotatable bonds is 8. The minimum absolute atomic E-state index is 0.139. The number of morpholine rings is 1. The molecule has 0 atom stereocenters. The first-order chi connectivity index (χ1) is 16.0. The molecule has 0 N–H and O–H groups in total. The third-order valence-corrected chi connectivity index (χ3v) is 6.98. The molecule has 1 amide bonds. The van der Waals surface area contributed by atoms with Gasteiger partial charge in [-0.05, 0) is 36.8 Å². The molecule has 2 aromatic carbocycles. The number of carbonyl (C=O) groups excluding carboxylic acids is 1. The summed E-state index contributed by atoms with van der Waals surface area (Å²) in [5.41, 5.74) is 2.38. The van der Waals surface area contributed by atoms with Crippen LogP contribution in [0.4, 0.5) is 5.13 Å². The Kier molecular flexibility index (Phi) is 7.32. The van der Waals surface area contributed by atoms with E-state index in [0.717, 1.165) is 35.4 Å². The molecule has 176 valence electrons. The normalized spacial score (nSPS) is 14.3. The van der Waals surface area contributed by atoms with Crippen LogP contribution in [0.1, 0.15) is 15.9 Å². The summed E-state index contributed by atoms with van der Waals surface area (Å²) in [5.74, 6) is 1.65. The zero-order chi connectivity index (χ0) is 23.4. The molecular weight excluding hydrogens is 442 g/mol. The second-order valence-electron chi connectivity index (χ2n) is 7.74. The van der Waals surface area contributed by atoms with Gasteiger partial charge < -0.3 is 18.9 Å². The summed E-state index contributed by atoms with van der Waals surface area (Å²) in [4.78, 5) is 22.6. The fourth-order valence-electron chi connectivity index (χ4n) is 3.85. The summed E-state index contributed by atoms with van der Waals surface area (Å²) in [5, 5.41) is 0.644. The molecule has 0 unspecified atom stereocenters. The lowest BCUT2D eigenvalue weighted by atomic mass is 10.1. The Bertz CT molecular complexity index is 1130. The molecule has 3 aromatic rings. The van der Waals surface area contributed by atoms with Crippen molar-refractivity contribution >= 4 is 32.6 Å². The quantitative estimate of drug-likeness (QED) is 0.497. The average Bonchev–Trinajstić information content (AvgIpc) is 3.30. The van der Waals surface area contributed by atoms with Gasteiger partial charge in [-0.2, -0.15) is 0 Å². The number of carbonyl (C=O) groups is 1. The smallest absolute Gasteiger partial charge is 0.260 e. The van der Waals surface area contributed by atoms with Crippen molar-refractivity contribution in [2.45, 2.75) is 6.92 Å². The Hall–Kier alpha value is -2.88. The first-order valence-corrected chi connectivity index (χ1v) is 11.7. The maximum Gasteiger partial charge on any atom is 0.260 e. The second kappa shape index (κ2) is 10.4. The van der Waals surface area contributed by atoms with E-state index in [-0.39, 0.29) is 5.91 Å². The van der Waals surface area contributed by atoms with Crippen LogP contribution in [0.3, 0.4) is 0 Å². The van der Waals surface area contributed by atoms with Crippen LogP contribution >= 0.6 is 11.3 Å². The number of benzene rings is 2. The molecule has 0 saturated carbocycles. The number of nitrogens with zero attached hydrogens (tertiary/aromatic N) is 3. The van der Waals surface area contributed by atoms with E-state index in [1.165, 1.54) is 11.3 Å². The Morgan fingerprint density at radius 3 is 2.45 bits per heavy atom. The van der Waals surface area contributed by atoms with Gasteiger partial charge in [-0.1, -0.05) is 17.4 Å². The molecule has 33 heavy (non-hydrogen) atoms. The van der Waals surface area contributed by atoms with E-state index < -0.39 is 0 Å². The van der Waals surface area contributed by atoms with Crippen LogP contribution in [0, 0.1) is 6.92 Å². The number of fused-ring (bicyclic) bond motifs is 1. The van der Waals surface area contributed by atoms with Crippen molar-refractivity contribution in [3.63, 3.8) is 0 Å². The number of ether oxygens (including phenoxy) is 4. The van der Waals surface area contributed by atoms with Crippen LogP contribution in [0.15, 0.2) is 30.3 Å². The number of hydrogen-bond donors (Lipinski definition) is 0. The fourth-order valence-corrected chi connectivity index (χ4v) is 4.93. The molecule has 0 aliphatic carbocycles. The largest absolute Gasteiger partial charge is 0.494 e. The SMILES string of the molecule is COc1ccc(C(=O)N(CCN2CCOCC2)c2nc3c(OC)ccc(C)c3s2)cc1OC. The molecule has 0 spiro atoms. The molecule has 8 nitrogen and oxygen atoms in total. The predicted octanol–water partition coefficient (Wildman–Crippen LogP) is 3.61. The number of thiazole rings is 1. The molecule has 1 aliphatic rings. The lowest BCUT2D eigenvalue weighted by Gasteiger charge is -2.29. The molecule has 0 bridgehead atoms. The van der Waals surface area contributed by atoms with Gasteiger partial charge in [0.1, 0.15) is 11.3 Å². The summed E-state index contributed by atoms with van der Waals surface area (Å²) in [6.45, 7) is 6.40. The zero-order valence-corrected chi connectivity index (χ0v) is 20.2. The summed E-state index contributed by atoms with van der Waals surface area (Å²) in [6, 6.07) is 9.14. The molecule has 9 heteroatoms. The van der Waals surface area contributed by atoms with Gasteiger partial charge in [0.05, 0.1) is 39.2 Å². The van der Waals surface area contributed by atoms with Crippen molar-refractivity contribution in [1.82, 2.24) is 9.88 Å². The minimum atomic E-state index is -0.139. The van der Waals surface area contributed by atoms with Gasteiger partial charge in [0.25, 0.3) is 5.91 Å². The summed E-state index contributed by atoms with van der Waals surface area (Å²) >= 11 is 1.50. The van der Waals surface area contributed by atoms with Crippen LogP contribution in [-0.2, 0) is 4.74 Å². The van der Waals surface area contributed by atoms with E-state index in [9.17, 15) is 4.79 Å². The Morgan fingerprint density at radius 2 is 1.76 bits per heavy atom. The third-order valence-electron chi connectivity index (χ3n) is 5.76. The topological polar surface area (TPSA) is 73.4 Å². The van der Waals surface area contributed by atoms with E-state index in [1.807, 2.05) is 19.1 Å². The van der Waals surface area contributed by atoms with Gasteiger partial charge in [0.2, 0.25) is 0 Å². The fraction of sp³-hybridized carbons (Fsp3) is 0.417. The standard InChI is InChI=1S/C24H29N3O5S/c1-16-5-7-19(30-3)21-22(16)33-24(25-21)27(10-9-26-11-13-32-14-12-26)23(28)17-6-8-18(29-2)20(15-17)31-4/h5-8,15H,9-14H2,1-4H3. The highest BCUT2D eigenvalue weighted by molar-refractivity contribution is 7.22. The summed E-state index contributed by atoms with van der Waals surface area (Å²) in [6.07, 6.45) is 0. The van der Waals surface area contributed by atoms with Gasteiger partial charge in [-0.25, -0.2) is 4.98 Å². The number of aryl methyl sites for hydroxylation is 1. The van der Waals surface area contributed by atoms with E-state index in [4.69, 9.17) is 23.9 Å². The van der Waals surface area contributed by atoms with Gasteiger partial charge >= 0.3 is 0 Å². The Labute approximate surface area is 197 Å². The summed E-state index contributed by atoms with van der Waals surface area (Å²) < 4.78 is 22.7. The molecule has 1 saturated heterocycles. The Balaban J connectivity index is 1.71. The first-order valence-electron chi connectivity index (χ1n) is 10.8. The van der Waals surface area contributed by atoms with Crippen molar-refractivity contribution in [2.75, 3.05) is 65.6 Å². The monoisotopic (exact) mass is 471 g/mol. The molecule has 2 heterocycles. The maximum atomic E-state index is 13.7. The highest BCUT2D eigenvalue weighted by Crippen LogP contribution is 2.37. The van der Waals surface area contributed by atoms with Crippen molar-refractivity contribution in [1.29, 1.82) is 0 Å². The van der Waals surface area contributed by atoms with E-state index in [1.54, 1.807) is 44.4 Å². The van der Waals surface area contributed by atoms with Crippen LogP contribution in [0.2, 0.25) is 0 Å². The molecule has 1 aliphatic heterocycles. The number of hydrogen-bond acceptors (Lipinski definition) is 8. The van der Waals surface area contributed by atoms with Crippen molar-refractivity contribution in [3.05, 3.63) is 41.5 Å². The molecular formula is C24H29N3O5S. The average molecular weight is 472 g/mol. The van der Waals surface area contributed by atoms with Crippen LogP contribution < -0.4 is 19.1 Å². The minimum Gasteiger partial charge on any atom is -0.494 e. The number of methoxy groups -OCH3 is 3. The van der Waals surface area contributed by atoms with Crippen molar-refractivity contribution < 1.29 is 23.7 Å². The molecule has 0 radical (unpaired) electrons. The van der Waals surface area contributed by atoms with E-state index >= 15 is 0 Å². The van der Waals surface area contributed by atoms with Gasteiger partial charge in [0, 0.05) is 31.7 Å². The predicted molar refractivity (Wildman–Crippen MR) is 129 cm³/mol. The van der Waals surface area contributed by atoms with E-state index in [2.05, 4.69) is 4.90 Å². The molecule has 4 rings (SSSR count). The van der Waals surface area contributed by atoms with Gasteiger partial charge in [0.15, 0.2) is 16.6 Å². The first kappa shape index (κ1) is 23.3. The van der Waals surface area contributed by atoms with Gasteiger partial charge in [-0.3, -0.25) is 14.6 Å². The zero-order valence-electron chi connectivity index (χ0n) is 19.4. The lowest BCUT2D eigenvalue weighted by molar-refractivity contribution is 0.0391. The molecule has 1 aromatic heterocycles. The number of aromatic nitrogens is 1. The lowest BCUT2D eigenvalue weighted by Crippen LogP contribution is -2.43. The van der Waals surface area contributed by atoms with Crippen molar-refractivity contribution in [2.24, 2.45) is 0 Å². The number of anilines is 1. The highest BCUT2D eigenvalue weighted by Gasteiger charge is 2.25. The molecule has 1 fully saturated rings. The van der Waals surface area contributed by atoms with Crippen LogP contribution in [-0.4, -0.2) is 76.5 Å². The summed E-state index contributed by atoms with van der Waals surface area (Å²) in [7, 11) is 4.77. The van der Waals surface area contributed by atoms with Crippen molar-refractivity contribution in [3.8, 4) is 17.2 Å². The third kappa shape index (κ3) is 4.90. The van der Waals surface area contributed by atoms with Crippen LogP contribution in [0.25, 0.3) is 10.2 Å². The van der Waals surface area contributed by atoms with Gasteiger partial charge in [-0.15, -0.1) is 0 Å². The van der Waals surface area contributed by atoms with Crippen LogP contribution in [0.5, 0.6) is 17.2 Å². The Morgan fingerprint density at radius 1 is 1.06 bits per heavy atom. The maximum absolute atomic E-state index is 13.7. The highest BCUT2D eigenvalue weighted by atomic mass is 32.1. The second-order valence-corrected chi connectivity index (χ2v) is 8.72.